The Hall–Kier alpha value is -1.13. The molecule has 4 heteroatoms. The number of halogens is 1. The summed E-state index contributed by atoms with van der Waals surface area (Å²) in [6.07, 6.45) is -0.710. The molecule has 0 heterocycles. The Morgan fingerprint density at radius 3 is 2.36 bits per heavy atom. The number of rotatable bonds is 3. The molecular weight excluding hydrogens is 185 g/mol. The quantitative estimate of drug-likeness (QED) is 0.598. The van der Waals surface area contributed by atoms with Gasteiger partial charge in [-0.25, -0.2) is 4.39 Å². The molecule has 0 aliphatic heterocycles. The van der Waals surface area contributed by atoms with Crippen LogP contribution in [-0.2, 0) is 9.47 Å². The number of methoxy groups -OCH3 is 2. The van der Waals surface area contributed by atoms with Crippen molar-refractivity contribution in [2.24, 2.45) is 0 Å². The number of nitrogen functional groups attached to an aromatic ring is 1. The van der Waals surface area contributed by atoms with Crippen molar-refractivity contribution in [2.75, 3.05) is 20.0 Å². The van der Waals surface area contributed by atoms with Gasteiger partial charge in [-0.05, 0) is 18.6 Å². The van der Waals surface area contributed by atoms with E-state index in [0.717, 1.165) is 5.56 Å². The van der Waals surface area contributed by atoms with E-state index in [1.165, 1.54) is 20.3 Å². The second kappa shape index (κ2) is 4.39. The van der Waals surface area contributed by atoms with Crippen LogP contribution in [0.3, 0.4) is 0 Å². The molecule has 14 heavy (non-hydrogen) atoms. The summed E-state index contributed by atoms with van der Waals surface area (Å²) in [5.41, 5.74) is 6.66. The second-order valence-electron chi connectivity index (χ2n) is 3.00. The summed E-state index contributed by atoms with van der Waals surface area (Å²) in [7, 11) is 2.91. The Bertz CT molecular complexity index is 324. The molecule has 0 bridgehead atoms. The molecule has 1 rings (SSSR count). The highest BCUT2D eigenvalue weighted by Gasteiger charge is 2.18. The van der Waals surface area contributed by atoms with Crippen LogP contribution in [0.25, 0.3) is 0 Å². The molecule has 0 saturated heterocycles. The molecule has 0 atom stereocenters. The van der Waals surface area contributed by atoms with Crippen molar-refractivity contribution in [3.8, 4) is 0 Å². The van der Waals surface area contributed by atoms with Gasteiger partial charge in [0.2, 0.25) is 0 Å². The molecule has 1 aromatic carbocycles. The topological polar surface area (TPSA) is 44.5 Å². The number of nitrogens with two attached hydrogens (primary N) is 1. The first-order valence-corrected chi connectivity index (χ1v) is 4.21. The van der Waals surface area contributed by atoms with E-state index in [9.17, 15) is 4.39 Å². The van der Waals surface area contributed by atoms with Gasteiger partial charge in [0, 0.05) is 19.8 Å². The highest BCUT2D eigenvalue weighted by molar-refractivity contribution is 5.46. The van der Waals surface area contributed by atoms with Crippen molar-refractivity contribution in [3.63, 3.8) is 0 Å². The van der Waals surface area contributed by atoms with Crippen LogP contribution in [0, 0.1) is 12.7 Å². The fraction of sp³-hybridized carbons (Fsp3) is 0.400. The molecule has 1 aromatic rings. The van der Waals surface area contributed by atoms with Crippen molar-refractivity contribution < 1.29 is 13.9 Å². The third-order valence-electron chi connectivity index (χ3n) is 2.09. The molecule has 2 N–H and O–H groups in total. The first-order valence-electron chi connectivity index (χ1n) is 4.21. The Kier molecular flexibility index (Phi) is 3.43. The number of aryl methyl sites for hydroxylation is 1. The van der Waals surface area contributed by atoms with E-state index in [2.05, 4.69) is 0 Å². The zero-order valence-corrected chi connectivity index (χ0v) is 8.50. The van der Waals surface area contributed by atoms with Crippen LogP contribution < -0.4 is 5.73 Å². The van der Waals surface area contributed by atoms with Crippen LogP contribution in [0.2, 0.25) is 0 Å². The van der Waals surface area contributed by atoms with Crippen LogP contribution in [-0.4, -0.2) is 14.2 Å². The van der Waals surface area contributed by atoms with Crippen LogP contribution in [0.5, 0.6) is 0 Å². The molecule has 0 amide bonds. The molecule has 78 valence electrons. The summed E-state index contributed by atoms with van der Waals surface area (Å²) in [5.74, 6) is -0.473. The zero-order chi connectivity index (χ0) is 10.7. The minimum Gasteiger partial charge on any atom is -0.396 e. The van der Waals surface area contributed by atoms with Gasteiger partial charge in [0.05, 0.1) is 5.69 Å². The Morgan fingerprint density at radius 2 is 1.86 bits per heavy atom. The van der Waals surface area contributed by atoms with E-state index in [0.29, 0.717) is 5.56 Å². The van der Waals surface area contributed by atoms with Crippen molar-refractivity contribution in [1.82, 2.24) is 0 Å². The lowest BCUT2D eigenvalue weighted by Gasteiger charge is -2.17. The second-order valence-corrected chi connectivity index (χ2v) is 3.00. The number of anilines is 1. The van der Waals surface area contributed by atoms with Crippen LogP contribution >= 0.6 is 0 Å². The molecule has 0 fully saturated rings. The molecular formula is C10H14FNO2. The van der Waals surface area contributed by atoms with Gasteiger partial charge in [-0.15, -0.1) is 0 Å². The molecule has 0 spiro atoms. The number of ether oxygens (including phenoxy) is 2. The highest BCUT2D eigenvalue weighted by atomic mass is 19.1. The van der Waals surface area contributed by atoms with Crippen molar-refractivity contribution in [2.45, 2.75) is 13.2 Å². The van der Waals surface area contributed by atoms with E-state index in [1.54, 1.807) is 13.0 Å². The fourth-order valence-corrected chi connectivity index (χ4v) is 1.33. The predicted octanol–water partition coefficient (Wildman–Crippen LogP) is 2.01. The van der Waals surface area contributed by atoms with E-state index in [1.807, 2.05) is 0 Å². The predicted molar refractivity (Wildman–Crippen MR) is 52.3 cm³/mol. The maximum absolute atomic E-state index is 13.6. The van der Waals surface area contributed by atoms with Gasteiger partial charge in [0.25, 0.3) is 0 Å². The van der Waals surface area contributed by atoms with Crippen molar-refractivity contribution in [1.29, 1.82) is 0 Å². The summed E-state index contributed by atoms with van der Waals surface area (Å²) in [4.78, 5) is 0. The zero-order valence-electron chi connectivity index (χ0n) is 8.50. The minimum atomic E-state index is -0.710. The van der Waals surface area contributed by atoms with E-state index in [4.69, 9.17) is 15.2 Å². The van der Waals surface area contributed by atoms with E-state index >= 15 is 0 Å². The summed E-state index contributed by atoms with van der Waals surface area (Å²) in [6.45, 7) is 1.78. The van der Waals surface area contributed by atoms with Crippen LogP contribution in [0.15, 0.2) is 12.1 Å². The Labute approximate surface area is 82.6 Å². The SMILES string of the molecule is COC(OC)c1c(C)ccc(N)c1F. The Morgan fingerprint density at radius 1 is 1.29 bits per heavy atom. The largest absolute Gasteiger partial charge is 0.396 e. The number of hydrogen-bond donors (Lipinski definition) is 1. The average Bonchev–Trinajstić information content (AvgIpc) is 2.19. The maximum Gasteiger partial charge on any atom is 0.186 e. The van der Waals surface area contributed by atoms with Gasteiger partial charge >= 0.3 is 0 Å². The maximum atomic E-state index is 13.6. The fourth-order valence-electron chi connectivity index (χ4n) is 1.33. The third kappa shape index (κ3) is 1.86. The number of benzene rings is 1. The third-order valence-corrected chi connectivity index (χ3v) is 2.09. The first kappa shape index (κ1) is 10.9. The molecule has 0 aliphatic carbocycles. The average molecular weight is 199 g/mol. The first-order chi connectivity index (χ1) is 6.61. The van der Waals surface area contributed by atoms with Crippen LogP contribution in [0.1, 0.15) is 17.4 Å². The lowest BCUT2D eigenvalue weighted by molar-refractivity contribution is -0.108. The molecule has 3 nitrogen and oxygen atoms in total. The Balaban J connectivity index is 3.23. The lowest BCUT2D eigenvalue weighted by Crippen LogP contribution is -2.10. The van der Waals surface area contributed by atoms with E-state index in [-0.39, 0.29) is 5.69 Å². The highest BCUT2D eigenvalue weighted by Crippen LogP contribution is 2.27. The van der Waals surface area contributed by atoms with Gasteiger partial charge in [-0.3, -0.25) is 0 Å². The smallest absolute Gasteiger partial charge is 0.186 e. The lowest BCUT2D eigenvalue weighted by atomic mass is 10.1. The minimum absolute atomic E-state index is 0.102. The standard InChI is InChI=1S/C10H14FNO2/c1-6-4-5-7(12)9(11)8(6)10(13-2)14-3/h4-5,10H,12H2,1-3H3. The molecule has 0 unspecified atom stereocenters. The summed E-state index contributed by atoms with van der Waals surface area (Å²) >= 11 is 0. The molecule has 0 aromatic heterocycles. The number of hydrogen-bond acceptors (Lipinski definition) is 3. The molecule has 0 radical (unpaired) electrons. The summed E-state index contributed by atoms with van der Waals surface area (Å²) in [6, 6.07) is 3.26. The van der Waals surface area contributed by atoms with Gasteiger partial charge < -0.3 is 15.2 Å². The summed E-state index contributed by atoms with van der Waals surface area (Å²) < 4.78 is 23.6. The van der Waals surface area contributed by atoms with Crippen molar-refractivity contribution in [3.05, 3.63) is 29.1 Å². The molecule has 0 aliphatic rings. The van der Waals surface area contributed by atoms with Gasteiger partial charge in [0.1, 0.15) is 0 Å². The van der Waals surface area contributed by atoms with Gasteiger partial charge in [-0.2, -0.15) is 0 Å². The monoisotopic (exact) mass is 199 g/mol. The van der Waals surface area contributed by atoms with E-state index < -0.39 is 12.1 Å². The van der Waals surface area contributed by atoms with Crippen molar-refractivity contribution >= 4 is 5.69 Å². The summed E-state index contributed by atoms with van der Waals surface area (Å²) in [5, 5.41) is 0. The van der Waals surface area contributed by atoms with Gasteiger partial charge in [0.15, 0.2) is 12.1 Å². The molecule has 0 saturated carbocycles. The van der Waals surface area contributed by atoms with Crippen LogP contribution in [0.4, 0.5) is 10.1 Å². The normalized spacial score (nSPS) is 10.9. The van der Waals surface area contributed by atoms with Gasteiger partial charge in [-0.1, -0.05) is 6.07 Å².